The highest BCUT2D eigenvalue weighted by atomic mass is 16.1. The summed E-state index contributed by atoms with van der Waals surface area (Å²) in [4.78, 5) is 16.3. The number of nitrogens with zero attached hydrogens (tertiary/aromatic N) is 1. The first-order valence-electron chi connectivity index (χ1n) is 6.83. The van der Waals surface area contributed by atoms with Crippen molar-refractivity contribution in [3.63, 3.8) is 0 Å². The van der Waals surface area contributed by atoms with Crippen LogP contribution in [0.3, 0.4) is 0 Å². The molecule has 1 aliphatic carbocycles. The topological polar surface area (TPSA) is 54.0 Å². The van der Waals surface area contributed by atoms with E-state index < -0.39 is 0 Å². The number of carbonyl (C=O) groups is 1. The van der Waals surface area contributed by atoms with Crippen LogP contribution in [0.25, 0.3) is 0 Å². The van der Waals surface area contributed by atoms with Crippen LogP contribution in [0.2, 0.25) is 0 Å². The van der Waals surface area contributed by atoms with Crippen molar-refractivity contribution < 1.29 is 4.79 Å². The third-order valence-electron chi connectivity index (χ3n) is 3.69. The zero-order chi connectivity index (χ0) is 13.9. The molecule has 0 unspecified atom stereocenters. The molecular formula is C16H17N3O. The average Bonchev–Trinajstić information content (AvgIpc) is 2.94. The summed E-state index contributed by atoms with van der Waals surface area (Å²) in [6.45, 7) is 0. The van der Waals surface area contributed by atoms with Crippen LogP contribution in [-0.4, -0.2) is 17.9 Å². The smallest absolute Gasteiger partial charge is 0.257 e. The predicted octanol–water partition coefficient (Wildman–Crippen LogP) is 2.86. The quantitative estimate of drug-likeness (QED) is 0.899. The van der Waals surface area contributed by atoms with Gasteiger partial charge < -0.3 is 10.6 Å². The number of nitrogens with one attached hydrogen (secondary N) is 2. The molecule has 0 bridgehead atoms. The first-order valence-corrected chi connectivity index (χ1v) is 6.83. The molecule has 3 rings (SSSR count). The van der Waals surface area contributed by atoms with E-state index in [0.717, 1.165) is 24.2 Å². The molecule has 1 aromatic heterocycles. The number of anilines is 2. The van der Waals surface area contributed by atoms with Crippen LogP contribution in [0.1, 0.15) is 27.9 Å². The number of hydrogen-bond acceptors (Lipinski definition) is 3. The maximum atomic E-state index is 12.3. The van der Waals surface area contributed by atoms with Crippen LogP contribution >= 0.6 is 0 Å². The number of hydrogen-bond donors (Lipinski definition) is 2. The van der Waals surface area contributed by atoms with Gasteiger partial charge in [-0.15, -0.1) is 0 Å². The minimum atomic E-state index is -0.116. The van der Waals surface area contributed by atoms with Gasteiger partial charge >= 0.3 is 0 Å². The molecule has 4 nitrogen and oxygen atoms in total. The first-order chi connectivity index (χ1) is 9.78. The van der Waals surface area contributed by atoms with Gasteiger partial charge in [0.1, 0.15) is 0 Å². The second kappa shape index (κ2) is 5.33. The van der Waals surface area contributed by atoms with E-state index in [1.165, 1.54) is 17.5 Å². The normalized spacial score (nSPS) is 12.8. The Balaban J connectivity index is 1.82. The molecule has 0 saturated heterocycles. The molecule has 0 aliphatic heterocycles. The fourth-order valence-corrected chi connectivity index (χ4v) is 2.64. The van der Waals surface area contributed by atoms with Crippen molar-refractivity contribution in [2.24, 2.45) is 0 Å². The van der Waals surface area contributed by atoms with Gasteiger partial charge in [0.25, 0.3) is 5.91 Å². The number of amides is 1. The number of rotatable bonds is 3. The van der Waals surface area contributed by atoms with E-state index in [9.17, 15) is 4.79 Å². The Hall–Kier alpha value is -2.36. The van der Waals surface area contributed by atoms with Gasteiger partial charge in [-0.1, -0.05) is 6.07 Å². The SMILES string of the molecule is CNc1cnccc1C(=O)Nc1ccc2c(c1)CCC2. The van der Waals surface area contributed by atoms with Crippen molar-refractivity contribution >= 4 is 17.3 Å². The van der Waals surface area contributed by atoms with Crippen LogP contribution in [0, 0.1) is 0 Å². The second-order valence-corrected chi connectivity index (χ2v) is 4.96. The minimum absolute atomic E-state index is 0.116. The molecule has 102 valence electrons. The second-order valence-electron chi connectivity index (χ2n) is 4.96. The van der Waals surface area contributed by atoms with Gasteiger partial charge in [-0.2, -0.15) is 0 Å². The molecule has 1 aromatic carbocycles. The van der Waals surface area contributed by atoms with Crippen molar-refractivity contribution in [1.29, 1.82) is 0 Å². The lowest BCUT2D eigenvalue weighted by Gasteiger charge is -2.10. The van der Waals surface area contributed by atoms with E-state index in [4.69, 9.17) is 0 Å². The van der Waals surface area contributed by atoms with E-state index >= 15 is 0 Å². The number of carbonyl (C=O) groups excluding carboxylic acids is 1. The Morgan fingerprint density at radius 3 is 2.90 bits per heavy atom. The highest BCUT2D eigenvalue weighted by Gasteiger charge is 2.14. The number of fused-ring (bicyclic) bond motifs is 1. The monoisotopic (exact) mass is 267 g/mol. The Morgan fingerprint density at radius 1 is 1.20 bits per heavy atom. The van der Waals surface area contributed by atoms with E-state index in [1.807, 2.05) is 6.07 Å². The van der Waals surface area contributed by atoms with E-state index in [1.54, 1.807) is 25.5 Å². The molecular weight excluding hydrogens is 250 g/mol. The zero-order valence-electron chi connectivity index (χ0n) is 11.4. The largest absolute Gasteiger partial charge is 0.386 e. The molecule has 2 N–H and O–H groups in total. The molecule has 0 radical (unpaired) electrons. The zero-order valence-corrected chi connectivity index (χ0v) is 11.4. The summed E-state index contributed by atoms with van der Waals surface area (Å²) in [6.07, 6.45) is 6.74. The third-order valence-corrected chi connectivity index (χ3v) is 3.69. The molecule has 1 amide bonds. The van der Waals surface area contributed by atoms with Gasteiger partial charge in [0.2, 0.25) is 0 Å². The lowest BCUT2D eigenvalue weighted by atomic mass is 10.1. The van der Waals surface area contributed by atoms with E-state index in [2.05, 4.69) is 27.8 Å². The van der Waals surface area contributed by atoms with Gasteiger partial charge in [0.15, 0.2) is 0 Å². The van der Waals surface area contributed by atoms with Crippen molar-refractivity contribution in [1.82, 2.24) is 4.98 Å². The summed E-state index contributed by atoms with van der Waals surface area (Å²) in [6, 6.07) is 7.89. The molecule has 0 saturated carbocycles. The van der Waals surface area contributed by atoms with Gasteiger partial charge in [0, 0.05) is 18.9 Å². The van der Waals surface area contributed by atoms with Crippen molar-refractivity contribution in [2.45, 2.75) is 19.3 Å². The number of pyridine rings is 1. The van der Waals surface area contributed by atoms with Crippen LogP contribution in [0.15, 0.2) is 36.7 Å². The maximum absolute atomic E-state index is 12.3. The Bertz CT molecular complexity index is 652. The lowest BCUT2D eigenvalue weighted by molar-refractivity contribution is 0.102. The minimum Gasteiger partial charge on any atom is -0.386 e. The number of aromatic nitrogens is 1. The highest BCUT2D eigenvalue weighted by Crippen LogP contribution is 2.25. The average molecular weight is 267 g/mol. The van der Waals surface area contributed by atoms with Gasteiger partial charge in [0.05, 0.1) is 17.4 Å². The summed E-state index contributed by atoms with van der Waals surface area (Å²) in [5, 5.41) is 5.94. The number of aryl methyl sites for hydroxylation is 2. The van der Waals surface area contributed by atoms with E-state index in [0.29, 0.717) is 5.56 Å². The van der Waals surface area contributed by atoms with Crippen LogP contribution < -0.4 is 10.6 Å². The fourth-order valence-electron chi connectivity index (χ4n) is 2.64. The Labute approximate surface area is 118 Å². The predicted molar refractivity (Wildman–Crippen MR) is 80.2 cm³/mol. The van der Waals surface area contributed by atoms with Crippen molar-refractivity contribution in [2.75, 3.05) is 17.7 Å². The molecule has 20 heavy (non-hydrogen) atoms. The van der Waals surface area contributed by atoms with Crippen LogP contribution in [-0.2, 0) is 12.8 Å². The summed E-state index contributed by atoms with van der Waals surface area (Å²) in [7, 11) is 1.78. The van der Waals surface area contributed by atoms with E-state index in [-0.39, 0.29) is 5.91 Å². The first kappa shape index (κ1) is 12.7. The molecule has 0 fully saturated rings. The molecule has 2 aromatic rings. The Kier molecular flexibility index (Phi) is 3.37. The lowest BCUT2D eigenvalue weighted by Crippen LogP contribution is -2.14. The van der Waals surface area contributed by atoms with Gasteiger partial charge in [-0.25, -0.2) is 0 Å². The fraction of sp³-hybridized carbons (Fsp3) is 0.250. The summed E-state index contributed by atoms with van der Waals surface area (Å²) < 4.78 is 0. The van der Waals surface area contributed by atoms with Crippen molar-refractivity contribution in [3.05, 3.63) is 53.3 Å². The molecule has 1 heterocycles. The van der Waals surface area contributed by atoms with Crippen molar-refractivity contribution in [3.8, 4) is 0 Å². The summed E-state index contributed by atoms with van der Waals surface area (Å²) >= 11 is 0. The Morgan fingerprint density at radius 2 is 2.05 bits per heavy atom. The molecule has 4 heteroatoms. The molecule has 0 atom stereocenters. The summed E-state index contributed by atoms with van der Waals surface area (Å²) in [5.74, 6) is -0.116. The molecule has 0 spiro atoms. The van der Waals surface area contributed by atoms with Gasteiger partial charge in [-0.3, -0.25) is 9.78 Å². The maximum Gasteiger partial charge on any atom is 0.257 e. The molecule has 1 aliphatic rings. The third kappa shape index (κ3) is 2.37. The van der Waals surface area contributed by atoms with Crippen LogP contribution in [0.4, 0.5) is 11.4 Å². The van der Waals surface area contributed by atoms with Crippen LogP contribution in [0.5, 0.6) is 0 Å². The highest BCUT2D eigenvalue weighted by molar-refractivity contribution is 6.07. The summed E-state index contributed by atoms with van der Waals surface area (Å²) in [5.41, 5.74) is 4.94. The van der Waals surface area contributed by atoms with Gasteiger partial charge in [-0.05, 0) is 48.6 Å². The standard InChI is InChI=1S/C16H17N3O/c1-17-15-10-18-8-7-14(15)16(20)19-13-6-5-11-3-2-4-12(11)9-13/h5-10,17H,2-4H2,1H3,(H,19,20). The number of benzene rings is 1.